The Balaban J connectivity index is 0.000000878. The van der Waals surface area contributed by atoms with Crippen molar-refractivity contribution in [1.82, 2.24) is 14.5 Å². The minimum Gasteiger partial charge on any atom is -0.497 e. The number of carboxylic acid groups (broad SMARTS) is 1. The predicted molar refractivity (Wildman–Crippen MR) is 106 cm³/mol. The number of methoxy groups -OCH3 is 1. The molecule has 1 heterocycles. The van der Waals surface area contributed by atoms with Gasteiger partial charge in [0.2, 0.25) is 0 Å². The van der Waals surface area contributed by atoms with Gasteiger partial charge in [-0.05, 0) is 37.4 Å². The molecule has 1 aromatic heterocycles. The Bertz CT molecular complexity index is 909. The number of nitrogens with zero attached hydrogens (tertiary/aromatic N) is 3. The summed E-state index contributed by atoms with van der Waals surface area (Å²) in [5.74, 6) is 0.766. The molecule has 0 aliphatic rings. The molecule has 0 bridgehead atoms. The Labute approximate surface area is 163 Å². The van der Waals surface area contributed by atoms with Crippen molar-refractivity contribution >= 4 is 6.47 Å². The molecule has 0 saturated carbocycles. The number of hydrogen-bond acceptors (Lipinski definition) is 4. The maximum Gasteiger partial charge on any atom is 0.290 e. The van der Waals surface area contributed by atoms with Crippen molar-refractivity contribution in [2.45, 2.75) is 13.1 Å². The first-order chi connectivity index (χ1) is 13.5. The highest BCUT2D eigenvalue weighted by molar-refractivity contribution is 5.58. The van der Waals surface area contributed by atoms with E-state index in [2.05, 4.69) is 34.1 Å². The van der Waals surface area contributed by atoms with Crippen LogP contribution in [0.5, 0.6) is 5.75 Å². The van der Waals surface area contributed by atoms with Crippen LogP contribution in [0.3, 0.4) is 0 Å². The second kappa shape index (κ2) is 10.2. The fourth-order valence-corrected chi connectivity index (χ4v) is 2.87. The molecule has 0 radical (unpaired) electrons. The van der Waals surface area contributed by atoms with Gasteiger partial charge in [-0.2, -0.15) is 0 Å². The van der Waals surface area contributed by atoms with E-state index in [1.807, 2.05) is 24.9 Å². The molecule has 0 unspecified atom stereocenters. The molecule has 28 heavy (non-hydrogen) atoms. The molecule has 0 atom stereocenters. The van der Waals surface area contributed by atoms with Crippen LogP contribution < -0.4 is 4.74 Å². The number of aromatic nitrogens is 2. The van der Waals surface area contributed by atoms with E-state index >= 15 is 0 Å². The second-order valence-corrected chi connectivity index (χ2v) is 6.39. The van der Waals surface area contributed by atoms with Gasteiger partial charge >= 0.3 is 0 Å². The van der Waals surface area contributed by atoms with E-state index in [9.17, 15) is 4.39 Å². The third-order valence-electron chi connectivity index (χ3n) is 3.98. The molecule has 0 amide bonds. The van der Waals surface area contributed by atoms with Crippen molar-refractivity contribution in [3.8, 4) is 17.1 Å². The first-order valence-corrected chi connectivity index (χ1v) is 8.64. The van der Waals surface area contributed by atoms with Gasteiger partial charge in [-0.25, -0.2) is 9.37 Å². The van der Waals surface area contributed by atoms with Crippen molar-refractivity contribution in [1.29, 1.82) is 0 Å². The van der Waals surface area contributed by atoms with Gasteiger partial charge in [-0.1, -0.05) is 24.3 Å². The van der Waals surface area contributed by atoms with Crippen LogP contribution in [0, 0.1) is 5.82 Å². The van der Waals surface area contributed by atoms with Crippen LogP contribution in [0.2, 0.25) is 0 Å². The molecule has 7 heteroatoms. The van der Waals surface area contributed by atoms with Crippen molar-refractivity contribution < 1.29 is 19.0 Å². The highest BCUT2D eigenvalue weighted by atomic mass is 19.1. The summed E-state index contributed by atoms with van der Waals surface area (Å²) in [6.07, 6.45) is 3.57. The monoisotopic (exact) mass is 385 g/mol. The summed E-state index contributed by atoms with van der Waals surface area (Å²) in [6.45, 7) is 1.28. The number of imidazole rings is 1. The number of rotatable bonds is 6. The number of hydrogen-bond donors (Lipinski definition) is 1. The molecule has 2 aromatic carbocycles. The van der Waals surface area contributed by atoms with Gasteiger partial charge < -0.3 is 19.3 Å². The van der Waals surface area contributed by atoms with Crippen LogP contribution >= 0.6 is 0 Å². The minimum absolute atomic E-state index is 0.250. The van der Waals surface area contributed by atoms with Crippen LogP contribution in [-0.2, 0) is 17.9 Å². The fraction of sp³-hybridized carbons (Fsp3) is 0.238. The van der Waals surface area contributed by atoms with Crippen molar-refractivity contribution in [2.24, 2.45) is 0 Å². The zero-order chi connectivity index (χ0) is 20.5. The summed E-state index contributed by atoms with van der Waals surface area (Å²) in [4.78, 5) is 14.8. The van der Waals surface area contributed by atoms with Crippen LogP contribution in [0.25, 0.3) is 11.4 Å². The predicted octanol–water partition coefficient (Wildman–Crippen LogP) is 3.51. The van der Waals surface area contributed by atoms with Crippen molar-refractivity contribution in [3.63, 3.8) is 0 Å². The standard InChI is InChI=1S/C20H22FN3O.CH2O2/c1-23(2)13-15-5-4-6-16(11-15)14-24-10-9-22-20(24)18-8-7-17(25-3)12-19(18)21;2-1-3/h4-12H,13-14H2,1-3H3;1H,(H,2,3). The lowest BCUT2D eigenvalue weighted by molar-refractivity contribution is -0.122. The van der Waals surface area contributed by atoms with Gasteiger partial charge in [0.05, 0.1) is 12.7 Å². The van der Waals surface area contributed by atoms with Crippen LogP contribution in [0.4, 0.5) is 4.39 Å². The molecule has 0 aliphatic carbocycles. The molecule has 148 valence electrons. The molecule has 3 aromatic rings. The van der Waals surface area contributed by atoms with Gasteiger partial charge in [0.1, 0.15) is 17.4 Å². The Morgan fingerprint density at radius 1 is 1.21 bits per heavy atom. The molecule has 6 nitrogen and oxygen atoms in total. The molecule has 0 aliphatic heterocycles. The van der Waals surface area contributed by atoms with E-state index in [-0.39, 0.29) is 12.3 Å². The molecule has 3 rings (SSSR count). The molecular formula is C21H24FN3O3. The lowest BCUT2D eigenvalue weighted by Gasteiger charge is -2.13. The summed E-state index contributed by atoms with van der Waals surface area (Å²) in [5.41, 5.74) is 2.88. The maximum absolute atomic E-state index is 14.4. The fourth-order valence-electron chi connectivity index (χ4n) is 2.87. The van der Waals surface area contributed by atoms with E-state index in [4.69, 9.17) is 14.6 Å². The van der Waals surface area contributed by atoms with E-state index < -0.39 is 0 Å². The normalized spacial score (nSPS) is 10.3. The molecule has 1 N–H and O–H groups in total. The van der Waals surface area contributed by atoms with Gasteiger partial charge in [0.25, 0.3) is 6.47 Å². The SMILES string of the molecule is COc1ccc(-c2nccn2Cc2cccc(CN(C)C)c2)c(F)c1.O=CO. The second-order valence-electron chi connectivity index (χ2n) is 6.39. The Morgan fingerprint density at radius 3 is 2.57 bits per heavy atom. The van der Waals surface area contributed by atoms with Gasteiger partial charge in [0.15, 0.2) is 0 Å². The van der Waals surface area contributed by atoms with E-state index in [1.54, 1.807) is 18.3 Å². The summed E-state index contributed by atoms with van der Waals surface area (Å²) >= 11 is 0. The number of benzene rings is 2. The van der Waals surface area contributed by atoms with Crippen molar-refractivity contribution in [2.75, 3.05) is 21.2 Å². The van der Waals surface area contributed by atoms with E-state index in [0.29, 0.717) is 23.7 Å². The number of halogens is 1. The highest BCUT2D eigenvalue weighted by Gasteiger charge is 2.12. The van der Waals surface area contributed by atoms with Gasteiger partial charge in [-0.3, -0.25) is 4.79 Å². The lowest BCUT2D eigenvalue weighted by atomic mass is 10.1. The van der Waals surface area contributed by atoms with E-state index in [0.717, 1.165) is 12.1 Å². The molecular weight excluding hydrogens is 361 g/mol. The highest BCUT2D eigenvalue weighted by Crippen LogP contribution is 2.25. The van der Waals surface area contributed by atoms with Crippen molar-refractivity contribution in [3.05, 3.63) is 71.8 Å². The smallest absolute Gasteiger partial charge is 0.290 e. The zero-order valence-corrected chi connectivity index (χ0v) is 16.2. The topological polar surface area (TPSA) is 67.6 Å². The summed E-state index contributed by atoms with van der Waals surface area (Å²) < 4.78 is 21.4. The first kappa shape index (κ1) is 21.1. The molecule has 0 saturated heterocycles. The quantitative estimate of drug-likeness (QED) is 0.658. The maximum atomic E-state index is 14.4. The van der Waals surface area contributed by atoms with Crippen LogP contribution in [0.15, 0.2) is 54.9 Å². The van der Waals surface area contributed by atoms with Crippen LogP contribution in [0.1, 0.15) is 11.1 Å². The summed E-state index contributed by atoms with van der Waals surface area (Å²) in [5, 5.41) is 6.89. The first-order valence-electron chi connectivity index (χ1n) is 8.64. The van der Waals surface area contributed by atoms with E-state index in [1.165, 1.54) is 18.7 Å². The summed E-state index contributed by atoms with van der Waals surface area (Å²) in [7, 11) is 5.62. The zero-order valence-electron chi connectivity index (χ0n) is 16.2. The third kappa shape index (κ3) is 5.65. The van der Waals surface area contributed by atoms with Gasteiger partial charge in [-0.15, -0.1) is 0 Å². The average Bonchev–Trinajstić information content (AvgIpc) is 3.09. The minimum atomic E-state index is -0.340. The molecule has 0 fully saturated rings. The van der Waals surface area contributed by atoms with Gasteiger partial charge in [0, 0.05) is 31.5 Å². The Kier molecular flexibility index (Phi) is 7.71. The lowest BCUT2D eigenvalue weighted by Crippen LogP contribution is -2.11. The largest absolute Gasteiger partial charge is 0.497 e. The number of ether oxygens (including phenoxy) is 1. The summed E-state index contributed by atoms with van der Waals surface area (Å²) in [6, 6.07) is 13.2. The Hall–Kier alpha value is -3.19. The molecule has 0 spiro atoms. The van der Waals surface area contributed by atoms with Crippen LogP contribution in [-0.4, -0.2) is 47.2 Å². The Morgan fingerprint density at radius 2 is 1.93 bits per heavy atom. The number of carbonyl (C=O) groups is 1. The third-order valence-corrected chi connectivity index (χ3v) is 3.98. The average molecular weight is 385 g/mol.